The molecule has 1 aromatic heterocycles. The maximum absolute atomic E-state index is 11.6. The molecule has 1 aromatic carbocycles. The van der Waals surface area contributed by atoms with Gasteiger partial charge in [-0.3, -0.25) is 4.79 Å². The van der Waals surface area contributed by atoms with Crippen molar-refractivity contribution in [2.45, 2.75) is 27.3 Å². The summed E-state index contributed by atoms with van der Waals surface area (Å²) in [5, 5.41) is 9.29. The first-order valence-electron chi connectivity index (χ1n) is 6.60. The van der Waals surface area contributed by atoms with Crippen LogP contribution in [0.1, 0.15) is 24.5 Å². The Labute approximate surface area is 123 Å². The lowest BCUT2D eigenvalue weighted by atomic mass is 10.2. The number of nitrogens with one attached hydrogen (secondary N) is 2. The van der Waals surface area contributed by atoms with Crippen molar-refractivity contribution in [3.63, 3.8) is 0 Å². The maximum atomic E-state index is 11.6. The van der Waals surface area contributed by atoms with Crippen LogP contribution in [0.25, 0.3) is 0 Å². The molecule has 0 unspecified atom stereocenters. The van der Waals surface area contributed by atoms with E-state index in [0.717, 1.165) is 28.6 Å². The number of rotatable bonds is 5. The highest BCUT2D eigenvalue weighted by Crippen LogP contribution is 2.16. The molecule has 0 aliphatic rings. The topological polar surface area (TPSA) is 54.0 Å². The Morgan fingerprint density at radius 1 is 1.25 bits per heavy atom. The van der Waals surface area contributed by atoms with E-state index >= 15 is 0 Å². The molecule has 0 aliphatic carbocycles. The molecule has 5 heteroatoms. The minimum absolute atomic E-state index is 0.0130. The van der Waals surface area contributed by atoms with Gasteiger partial charge < -0.3 is 10.6 Å². The lowest BCUT2D eigenvalue weighted by Gasteiger charge is -2.09. The number of hydrogen-bond donors (Lipinski definition) is 2. The lowest BCUT2D eigenvalue weighted by molar-refractivity contribution is -0.118. The Balaban J connectivity index is 1.89. The van der Waals surface area contributed by atoms with Gasteiger partial charge in [-0.2, -0.15) is 0 Å². The zero-order valence-electron chi connectivity index (χ0n) is 11.9. The van der Waals surface area contributed by atoms with Crippen LogP contribution in [0.15, 0.2) is 29.6 Å². The van der Waals surface area contributed by atoms with Gasteiger partial charge in [0.15, 0.2) is 0 Å². The van der Waals surface area contributed by atoms with E-state index in [1.807, 2.05) is 50.4 Å². The zero-order valence-corrected chi connectivity index (χ0v) is 12.8. The first-order chi connectivity index (χ1) is 9.54. The third kappa shape index (κ3) is 4.06. The Hall–Kier alpha value is -1.88. The molecule has 0 fully saturated rings. The summed E-state index contributed by atoms with van der Waals surface area (Å²) < 4.78 is 0. The van der Waals surface area contributed by atoms with Crippen molar-refractivity contribution in [3.05, 3.63) is 40.3 Å². The molecule has 2 aromatic rings. The number of anilines is 2. The Bertz CT molecular complexity index is 575. The molecule has 0 saturated heterocycles. The molecule has 0 atom stereocenters. The van der Waals surface area contributed by atoms with E-state index in [1.165, 1.54) is 0 Å². The van der Waals surface area contributed by atoms with E-state index in [2.05, 4.69) is 15.6 Å². The van der Waals surface area contributed by atoms with Crippen LogP contribution in [0.3, 0.4) is 0 Å². The van der Waals surface area contributed by atoms with Gasteiger partial charge in [-0.15, -0.1) is 11.3 Å². The normalized spacial score (nSPS) is 10.6. The summed E-state index contributed by atoms with van der Waals surface area (Å²) in [4.78, 5) is 16.0. The summed E-state index contributed by atoms with van der Waals surface area (Å²) in [6, 6.07) is 7.71. The molecule has 4 nitrogen and oxygen atoms in total. The second-order valence-corrected chi connectivity index (χ2v) is 5.90. The molecule has 0 spiro atoms. The Kier molecular flexibility index (Phi) is 4.74. The van der Waals surface area contributed by atoms with Crippen molar-refractivity contribution in [1.82, 2.24) is 4.98 Å². The van der Waals surface area contributed by atoms with Crippen LogP contribution < -0.4 is 10.6 Å². The van der Waals surface area contributed by atoms with E-state index in [0.29, 0.717) is 0 Å². The predicted octanol–water partition coefficient (Wildman–Crippen LogP) is 3.66. The fourth-order valence-electron chi connectivity index (χ4n) is 1.62. The second kappa shape index (κ2) is 6.52. The average molecular weight is 289 g/mol. The van der Waals surface area contributed by atoms with Crippen LogP contribution in [-0.2, 0) is 11.3 Å². The largest absolute Gasteiger partial charge is 0.379 e. The molecular weight excluding hydrogens is 270 g/mol. The number of nitrogens with zero attached hydrogens (tertiary/aromatic N) is 1. The van der Waals surface area contributed by atoms with Crippen molar-refractivity contribution < 1.29 is 4.79 Å². The van der Waals surface area contributed by atoms with Gasteiger partial charge in [-0.1, -0.05) is 13.8 Å². The highest BCUT2D eigenvalue weighted by molar-refractivity contribution is 7.09. The van der Waals surface area contributed by atoms with Crippen LogP contribution in [0.4, 0.5) is 11.4 Å². The van der Waals surface area contributed by atoms with Gasteiger partial charge >= 0.3 is 0 Å². The zero-order chi connectivity index (χ0) is 14.5. The SMILES string of the molecule is Cc1csc(CNc2ccc(NC(=O)C(C)C)cc2)n1. The quantitative estimate of drug-likeness (QED) is 0.883. The molecule has 106 valence electrons. The number of carbonyl (C=O) groups is 1. The molecule has 0 radical (unpaired) electrons. The summed E-state index contributed by atoms with van der Waals surface area (Å²) >= 11 is 1.65. The molecule has 0 saturated carbocycles. The van der Waals surface area contributed by atoms with E-state index in [-0.39, 0.29) is 11.8 Å². The number of carbonyl (C=O) groups excluding carboxylic acids is 1. The molecule has 0 bridgehead atoms. The molecule has 20 heavy (non-hydrogen) atoms. The summed E-state index contributed by atoms with van der Waals surface area (Å²) in [5.74, 6) is 0.0184. The number of amides is 1. The first-order valence-corrected chi connectivity index (χ1v) is 7.48. The van der Waals surface area contributed by atoms with E-state index in [4.69, 9.17) is 0 Å². The number of thiazole rings is 1. The summed E-state index contributed by atoms with van der Waals surface area (Å²) in [6.45, 7) is 6.46. The monoisotopic (exact) mass is 289 g/mol. The molecule has 0 aliphatic heterocycles. The van der Waals surface area contributed by atoms with Crippen molar-refractivity contribution >= 4 is 28.6 Å². The first kappa shape index (κ1) is 14.5. The maximum Gasteiger partial charge on any atom is 0.226 e. The third-order valence-corrected chi connectivity index (χ3v) is 3.75. The lowest BCUT2D eigenvalue weighted by Crippen LogP contribution is -2.17. The van der Waals surface area contributed by atoms with Crippen LogP contribution in [0.5, 0.6) is 0 Å². The minimum Gasteiger partial charge on any atom is -0.379 e. The van der Waals surface area contributed by atoms with Gasteiger partial charge in [0.1, 0.15) is 5.01 Å². The van der Waals surface area contributed by atoms with Gasteiger partial charge in [0, 0.05) is 28.4 Å². The van der Waals surface area contributed by atoms with Crippen LogP contribution in [-0.4, -0.2) is 10.9 Å². The fourth-order valence-corrected chi connectivity index (χ4v) is 2.33. The molecule has 1 amide bonds. The van der Waals surface area contributed by atoms with Crippen LogP contribution >= 0.6 is 11.3 Å². The highest BCUT2D eigenvalue weighted by atomic mass is 32.1. The van der Waals surface area contributed by atoms with Crippen molar-refractivity contribution in [3.8, 4) is 0 Å². The van der Waals surface area contributed by atoms with Gasteiger partial charge in [0.2, 0.25) is 5.91 Å². The number of benzene rings is 1. The Morgan fingerprint density at radius 3 is 2.45 bits per heavy atom. The number of aryl methyl sites for hydroxylation is 1. The summed E-state index contributed by atoms with van der Waals surface area (Å²) in [7, 11) is 0. The minimum atomic E-state index is -0.0130. The number of aromatic nitrogens is 1. The molecule has 2 N–H and O–H groups in total. The van der Waals surface area contributed by atoms with Crippen molar-refractivity contribution in [2.24, 2.45) is 5.92 Å². The van der Waals surface area contributed by atoms with Crippen LogP contribution in [0, 0.1) is 12.8 Å². The Morgan fingerprint density at radius 2 is 1.90 bits per heavy atom. The van der Waals surface area contributed by atoms with Crippen molar-refractivity contribution in [1.29, 1.82) is 0 Å². The predicted molar refractivity (Wildman–Crippen MR) is 84.1 cm³/mol. The van der Waals surface area contributed by atoms with E-state index < -0.39 is 0 Å². The second-order valence-electron chi connectivity index (χ2n) is 4.96. The summed E-state index contributed by atoms with van der Waals surface area (Å²) in [6.07, 6.45) is 0. The van der Waals surface area contributed by atoms with Gasteiger partial charge in [-0.25, -0.2) is 4.98 Å². The molecule has 1 heterocycles. The number of hydrogen-bond acceptors (Lipinski definition) is 4. The standard InChI is InChI=1S/C15H19N3OS/c1-10(2)15(19)18-13-6-4-12(5-7-13)16-8-14-17-11(3)9-20-14/h4-7,9-10,16H,8H2,1-3H3,(H,18,19). The fraction of sp³-hybridized carbons (Fsp3) is 0.333. The smallest absolute Gasteiger partial charge is 0.226 e. The third-order valence-electron chi connectivity index (χ3n) is 2.79. The van der Waals surface area contributed by atoms with E-state index in [9.17, 15) is 4.79 Å². The van der Waals surface area contributed by atoms with Gasteiger partial charge in [0.05, 0.1) is 6.54 Å². The summed E-state index contributed by atoms with van der Waals surface area (Å²) in [5.41, 5.74) is 2.89. The van der Waals surface area contributed by atoms with Gasteiger partial charge in [-0.05, 0) is 31.2 Å². The van der Waals surface area contributed by atoms with Gasteiger partial charge in [0.25, 0.3) is 0 Å². The average Bonchev–Trinajstić information content (AvgIpc) is 2.83. The van der Waals surface area contributed by atoms with Crippen molar-refractivity contribution in [2.75, 3.05) is 10.6 Å². The van der Waals surface area contributed by atoms with E-state index in [1.54, 1.807) is 11.3 Å². The van der Waals surface area contributed by atoms with Crippen LogP contribution in [0.2, 0.25) is 0 Å². The molecular formula is C15H19N3OS. The highest BCUT2D eigenvalue weighted by Gasteiger charge is 2.06. The molecule has 2 rings (SSSR count).